The summed E-state index contributed by atoms with van der Waals surface area (Å²) in [4.78, 5) is 22.3. The zero-order chi connectivity index (χ0) is 16.6. The fraction of sp³-hybridized carbons (Fsp3) is 0.385. The minimum atomic E-state index is -4.49. The molecule has 0 heterocycles. The molecule has 1 rings (SSSR count). The van der Waals surface area contributed by atoms with Gasteiger partial charge >= 0.3 is 12.1 Å². The summed E-state index contributed by atoms with van der Waals surface area (Å²) in [7, 11) is 0. The molecule has 0 unspecified atom stereocenters. The molecule has 0 fully saturated rings. The van der Waals surface area contributed by atoms with Gasteiger partial charge in [0.15, 0.2) is 6.61 Å². The summed E-state index contributed by atoms with van der Waals surface area (Å²) < 4.78 is 40.1. The summed E-state index contributed by atoms with van der Waals surface area (Å²) in [5.74, 6) is -1.11. The molecule has 1 aromatic rings. The van der Waals surface area contributed by atoms with Gasteiger partial charge in [0.2, 0.25) is 0 Å². The summed E-state index contributed by atoms with van der Waals surface area (Å²) in [5.41, 5.74) is 0.963. The molecule has 0 saturated heterocycles. The van der Waals surface area contributed by atoms with Gasteiger partial charge in [0, 0.05) is 10.8 Å². The number of ether oxygens (including phenoxy) is 1. The molecule has 1 amide bonds. The Hall–Kier alpha value is -1.41. The first-order valence-electron chi connectivity index (χ1n) is 6.07. The molecule has 0 aliphatic rings. The number of carbonyl (C=O) groups is 2. The number of carbonyl (C=O) groups excluding carboxylic acids is 2. The van der Waals surface area contributed by atoms with E-state index in [0.29, 0.717) is 10.8 Å². The molecular formula is C13H13ClF3NO3S. The molecule has 0 aromatic heterocycles. The summed E-state index contributed by atoms with van der Waals surface area (Å²) >= 11 is 6.99. The van der Waals surface area contributed by atoms with Gasteiger partial charge in [-0.25, -0.2) is 0 Å². The zero-order valence-corrected chi connectivity index (χ0v) is 12.9. The number of thioether (sulfide) groups is 1. The average Bonchev–Trinajstić information content (AvgIpc) is 2.44. The molecule has 1 aromatic carbocycles. The first-order chi connectivity index (χ1) is 10.3. The third-order valence-corrected chi connectivity index (χ3v) is 3.48. The van der Waals surface area contributed by atoms with Gasteiger partial charge in [-0.05, 0) is 17.7 Å². The number of benzene rings is 1. The second-order valence-corrected chi connectivity index (χ2v) is 5.59. The summed E-state index contributed by atoms with van der Waals surface area (Å²) in [6, 6.07) is 7.07. The molecule has 0 aliphatic heterocycles. The topological polar surface area (TPSA) is 55.4 Å². The molecule has 9 heteroatoms. The first-order valence-corrected chi connectivity index (χ1v) is 7.61. The van der Waals surface area contributed by atoms with Crippen LogP contribution in [0.5, 0.6) is 0 Å². The average molecular weight is 356 g/mol. The second-order valence-electron chi connectivity index (χ2n) is 4.17. The van der Waals surface area contributed by atoms with E-state index in [1.54, 1.807) is 17.4 Å². The van der Waals surface area contributed by atoms with Crippen molar-refractivity contribution in [1.82, 2.24) is 5.32 Å². The van der Waals surface area contributed by atoms with Gasteiger partial charge in [0.05, 0.1) is 5.75 Å². The van der Waals surface area contributed by atoms with Gasteiger partial charge in [0.1, 0.15) is 6.54 Å². The van der Waals surface area contributed by atoms with Crippen LogP contribution in [-0.2, 0) is 20.1 Å². The van der Waals surface area contributed by atoms with Crippen molar-refractivity contribution in [3.05, 3.63) is 34.9 Å². The molecule has 0 atom stereocenters. The lowest BCUT2D eigenvalue weighted by Gasteiger charge is -2.08. The fourth-order valence-corrected chi connectivity index (χ4v) is 2.18. The van der Waals surface area contributed by atoms with E-state index in [-0.39, 0.29) is 5.75 Å². The SMILES string of the molecule is O=C(COC(=O)CSCc1ccc(Cl)cc1)NCC(F)(F)F. The van der Waals surface area contributed by atoms with Crippen molar-refractivity contribution in [2.75, 3.05) is 18.9 Å². The summed E-state index contributed by atoms with van der Waals surface area (Å²) in [6.45, 7) is -2.18. The Bertz CT molecular complexity index is 508. The number of hydrogen-bond donors (Lipinski definition) is 1. The van der Waals surface area contributed by atoms with Crippen molar-refractivity contribution < 1.29 is 27.5 Å². The normalized spacial score (nSPS) is 11.1. The van der Waals surface area contributed by atoms with Crippen LogP contribution < -0.4 is 5.32 Å². The number of nitrogens with one attached hydrogen (secondary N) is 1. The van der Waals surface area contributed by atoms with Gasteiger partial charge in [-0.15, -0.1) is 11.8 Å². The molecule has 22 heavy (non-hydrogen) atoms. The Labute approximate surface area is 134 Å². The quantitative estimate of drug-likeness (QED) is 0.764. The standard InChI is InChI=1S/C13H13ClF3NO3S/c14-10-3-1-9(2-4-10)6-22-7-12(20)21-5-11(19)18-8-13(15,16)17/h1-4H,5-8H2,(H,18,19). The van der Waals surface area contributed by atoms with Crippen molar-refractivity contribution in [2.24, 2.45) is 0 Å². The Morgan fingerprint density at radius 1 is 1.23 bits per heavy atom. The summed E-state index contributed by atoms with van der Waals surface area (Å²) in [6.07, 6.45) is -4.49. The van der Waals surface area contributed by atoms with E-state index in [0.717, 1.165) is 5.56 Å². The third-order valence-electron chi connectivity index (χ3n) is 2.25. The smallest absolute Gasteiger partial charge is 0.405 e. The maximum atomic E-state index is 11.8. The highest BCUT2D eigenvalue weighted by molar-refractivity contribution is 7.99. The highest BCUT2D eigenvalue weighted by atomic mass is 35.5. The minimum Gasteiger partial charge on any atom is -0.455 e. The molecule has 0 radical (unpaired) electrons. The van der Waals surface area contributed by atoms with Gasteiger partial charge in [-0.3, -0.25) is 9.59 Å². The summed E-state index contributed by atoms with van der Waals surface area (Å²) in [5, 5.41) is 2.21. The number of halogens is 4. The Kier molecular flexibility index (Phi) is 7.53. The van der Waals surface area contributed by atoms with Crippen LogP contribution in [-0.4, -0.2) is 37.0 Å². The van der Waals surface area contributed by atoms with E-state index in [2.05, 4.69) is 4.74 Å². The molecule has 0 aliphatic carbocycles. The Morgan fingerprint density at radius 3 is 2.45 bits per heavy atom. The number of alkyl halides is 3. The lowest BCUT2D eigenvalue weighted by molar-refractivity contribution is -0.149. The van der Waals surface area contributed by atoms with Gasteiger partial charge in [-0.2, -0.15) is 13.2 Å². The van der Waals surface area contributed by atoms with Crippen LogP contribution in [0.3, 0.4) is 0 Å². The maximum absolute atomic E-state index is 11.8. The third kappa shape index (κ3) is 8.78. The Balaban J connectivity index is 2.15. The van der Waals surface area contributed by atoms with Crippen molar-refractivity contribution in [1.29, 1.82) is 0 Å². The van der Waals surface area contributed by atoms with Crippen LogP contribution in [0.4, 0.5) is 13.2 Å². The fourth-order valence-electron chi connectivity index (χ4n) is 1.27. The van der Waals surface area contributed by atoms with E-state index < -0.39 is 31.2 Å². The molecule has 0 saturated carbocycles. The van der Waals surface area contributed by atoms with Gasteiger partial charge in [0.25, 0.3) is 5.91 Å². The predicted molar refractivity (Wildman–Crippen MR) is 77.6 cm³/mol. The van der Waals surface area contributed by atoms with Crippen LogP contribution in [0.25, 0.3) is 0 Å². The molecule has 122 valence electrons. The van der Waals surface area contributed by atoms with Crippen molar-refractivity contribution in [3.63, 3.8) is 0 Å². The molecule has 0 spiro atoms. The number of hydrogen-bond acceptors (Lipinski definition) is 4. The highest BCUT2D eigenvalue weighted by Crippen LogP contribution is 2.15. The molecule has 1 N–H and O–H groups in total. The van der Waals surface area contributed by atoms with Crippen LogP contribution in [0.2, 0.25) is 5.02 Å². The van der Waals surface area contributed by atoms with Crippen molar-refractivity contribution in [3.8, 4) is 0 Å². The largest absolute Gasteiger partial charge is 0.455 e. The lowest BCUT2D eigenvalue weighted by Crippen LogP contribution is -2.36. The molecule has 4 nitrogen and oxygen atoms in total. The number of amides is 1. The lowest BCUT2D eigenvalue weighted by atomic mass is 10.2. The van der Waals surface area contributed by atoms with Crippen LogP contribution in [0.1, 0.15) is 5.56 Å². The van der Waals surface area contributed by atoms with Gasteiger partial charge in [-0.1, -0.05) is 23.7 Å². The van der Waals surface area contributed by atoms with E-state index in [1.807, 2.05) is 12.1 Å². The molecular weight excluding hydrogens is 343 g/mol. The highest BCUT2D eigenvalue weighted by Gasteiger charge is 2.27. The Morgan fingerprint density at radius 2 is 1.86 bits per heavy atom. The van der Waals surface area contributed by atoms with Gasteiger partial charge < -0.3 is 10.1 Å². The zero-order valence-electron chi connectivity index (χ0n) is 11.3. The second kappa shape index (κ2) is 8.89. The van der Waals surface area contributed by atoms with Crippen molar-refractivity contribution >= 4 is 35.2 Å². The molecule has 0 bridgehead atoms. The minimum absolute atomic E-state index is 0.00478. The van der Waals surface area contributed by atoms with Crippen LogP contribution >= 0.6 is 23.4 Å². The number of esters is 1. The first kappa shape index (κ1) is 18.6. The monoisotopic (exact) mass is 355 g/mol. The van der Waals surface area contributed by atoms with E-state index >= 15 is 0 Å². The van der Waals surface area contributed by atoms with Crippen LogP contribution in [0, 0.1) is 0 Å². The maximum Gasteiger partial charge on any atom is 0.405 e. The van der Waals surface area contributed by atoms with Crippen molar-refractivity contribution in [2.45, 2.75) is 11.9 Å². The number of rotatable bonds is 7. The van der Waals surface area contributed by atoms with E-state index in [1.165, 1.54) is 11.8 Å². The van der Waals surface area contributed by atoms with E-state index in [4.69, 9.17) is 11.6 Å². The predicted octanol–water partition coefficient (Wildman–Crippen LogP) is 2.79. The van der Waals surface area contributed by atoms with E-state index in [9.17, 15) is 22.8 Å². The van der Waals surface area contributed by atoms with Crippen LogP contribution in [0.15, 0.2) is 24.3 Å².